The number of carbonyl (C=O) groups excluding carboxylic acids is 1. The summed E-state index contributed by atoms with van der Waals surface area (Å²) in [5, 5.41) is 3.32. The van der Waals surface area contributed by atoms with Gasteiger partial charge in [-0.1, -0.05) is 6.08 Å². The molecule has 0 bridgehead atoms. The van der Waals surface area contributed by atoms with Crippen molar-refractivity contribution in [3.63, 3.8) is 0 Å². The van der Waals surface area contributed by atoms with Crippen molar-refractivity contribution in [2.45, 2.75) is 0 Å². The summed E-state index contributed by atoms with van der Waals surface area (Å²) < 4.78 is 5.41. The average Bonchev–Trinajstić information content (AvgIpc) is 2.75. The fourth-order valence-corrected chi connectivity index (χ4v) is 2.39. The first-order chi connectivity index (χ1) is 10.5. The van der Waals surface area contributed by atoms with Gasteiger partial charge in [0.05, 0.1) is 7.11 Å². The van der Waals surface area contributed by atoms with E-state index in [1.807, 2.05) is 37.2 Å². The highest BCUT2D eigenvalue weighted by molar-refractivity contribution is 7.80. The smallest absolute Gasteiger partial charge is 0.276 e. The van der Waals surface area contributed by atoms with Crippen LogP contribution in [0.5, 0.6) is 5.75 Å². The Morgan fingerprint density at radius 2 is 2.18 bits per heavy atom. The first-order valence-electron chi connectivity index (χ1n) is 6.78. The highest BCUT2D eigenvalue weighted by Gasteiger charge is 2.29. The summed E-state index contributed by atoms with van der Waals surface area (Å²) in [6.07, 6.45) is 3.39. The summed E-state index contributed by atoms with van der Waals surface area (Å²) in [6, 6.07) is 5.80. The van der Waals surface area contributed by atoms with E-state index < -0.39 is 0 Å². The molecule has 0 radical (unpaired) electrons. The van der Waals surface area contributed by atoms with Crippen molar-refractivity contribution < 1.29 is 9.53 Å². The summed E-state index contributed by atoms with van der Waals surface area (Å²) in [5.74, 6) is 0.532. The van der Waals surface area contributed by atoms with Crippen LogP contribution in [0.15, 0.2) is 36.6 Å². The molecule has 1 aliphatic rings. The van der Waals surface area contributed by atoms with E-state index in [-0.39, 0.29) is 5.91 Å². The minimum Gasteiger partial charge on any atom is -0.496 e. The normalized spacial score (nSPS) is 16.0. The zero-order chi connectivity index (χ0) is 16.3. The number of rotatable bonds is 5. The van der Waals surface area contributed by atoms with Gasteiger partial charge in [0.1, 0.15) is 11.4 Å². The molecule has 6 heteroatoms. The van der Waals surface area contributed by atoms with Crippen LogP contribution in [-0.4, -0.2) is 43.7 Å². The summed E-state index contributed by atoms with van der Waals surface area (Å²) >= 11 is 5.16. The van der Waals surface area contributed by atoms with Crippen LogP contribution in [0.4, 0.5) is 5.69 Å². The molecule has 1 amide bonds. The van der Waals surface area contributed by atoms with Gasteiger partial charge in [-0.2, -0.15) is 0 Å². The van der Waals surface area contributed by atoms with Gasteiger partial charge >= 0.3 is 0 Å². The third-order valence-electron chi connectivity index (χ3n) is 3.31. The summed E-state index contributed by atoms with van der Waals surface area (Å²) in [4.78, 5) is 15.7. The monoisotopic (exact) mass is 317 g/mol. The molecule has 0 atom stereocenters. The molecule has 0 aromatic heterocycles. The van der Waals surface area contributed by atoms with E-state index in [2.05, 4.69) is 11.9 Å². The maximum Gasteiger partial charge on any atom is 0.276 e. The number of ether oxygens (including phenoxy) is 1. The third kappa shape index (κ3) is 3.12. The van der Waals surface area contributed by atoms with Crippen molar-refractivity contribution in [2.75, 3.05) is 32.6 Å². The zero-order valence-corrected chi connectivity index (χ0v) is 13.7. The van der Waals surface area contributed by atoms with Gasteiger partial charge < -0.3 is 15.0 Å². The number of nitrogens with zero attached hydrogens (tertiary/aromatic N) is 2. The second-order valence-corrected chi connectivity index (χ2v) is 5.40. The van der Waals surface area contributed by atoms with Crippen LogP contribution in [0.3, 0.4) is 0 Å². The lowest BCUT2D eigenvalue weighted by Crippen LogP contribution is -2.30. The maximum atomic E-state index is 12.3. The predicted octanol–water partition coefficient (Wildman–Crippen LogP) is 2.00. The molecule has 1 fully saturated rings. The van der Waals surface area contributed by atoms with Gasteiger partial charge in [-0.25, -0.2) is 0 Å². The molecule has 0 saturated carbocycles. The second-order valence-electron chi connectivity index (χ2n) is 5.01. The molecule has 5 nitrogen and oxygen atoms in total. The van der Waals surface area contributed by atoms with E-state index in [9.17, 15) is 4.79 Å². The lowest BCUT2D eigenvalue weighted by Gasteiger charge is -2.15. The Hall–Kier alpha value is -2.34. The first kappa shape index (κ1) is 16.0. The lowest BCUT2D eigenvalue weighted by atomic mass is 10.1. The van der Waals surface area contributed by atoms with Gasteiger partial charge in [0, 0.05) is 38.0 Å². The Balaban J connectivity index is 2.35. The van der Waals surface area contributed by atoms with Crippen molar-refractivity contribution in [3.05, 3.63) is 42.1 Å². The minimum atomic E-state index is -0.163. The molecule has 1 heterocycles. The average molecular weight is 317 g/mol. The highest BCUT2D eigenvalue weighted by Crippen LogP contribution is 2.27. The Kier molecular flexibility index (Phi) is 4.82. The number of carbonyl (C=O) groups is 1. The summed E-state index contributed by atoms with van der Waals surface area (Å²) in [7, 11) is 5.52. The number of nitrogens with one attached hydrogen (secondary N) is 1. The summed E-state index contributed by atoms with van der Waals surface area (Å²) in [5.41, 5.74) is 2.27. The Morgan fingerprint density at radius 3 is 2.77 bits per heavy atom. The van der Waals surface area contributed by atoms with Gasteiger partial charge in [0.15, 0.2) is 5.11 Å². The Morgan fingerprint density at radius 1 is 1.45 bits per heavy atom. The standard InChI is InChI=1S/C16H19N3O2S/c1-5-8-19-15(20)13(17-16(19)22)9-11-6-7-12(18(2)3)10-14(11)21-4/h5-7,9-10H,1,8H2,2-4H3,(H,17,22)/b13-9-. The molecular weight excluding hydrogens is 298 g/mol. The molecule has 0 spiro atoms. The fraction of sp³-hybridized carbons (Fsp3) is 0.250. The topological polar surface area (TPSA) is 44.8 Å². The first-order valence-corrected chi connectivity index (χ1v) is 7.19. The number of anilines is 1. The Bertz CT molecular complexity index is 653. The number of thiocarbonyl (C=S) groups is 1. The van der Waals surface area contributed by atoms with E-state index in [1.165, 1.54) is 4.90 Å². The summed E-state index contributed by atoms with van der Waals surface area (Å²) in [6.45, 7) is 4.02. The van der Waals surface area contributed by atoms with E-state index in [4.69, 9.17) is 17.0 Å². The van der Waals surface area contributed by atoms with Crippen molar-refractivity contribution in [1.29, 1.82) is 0 Å². The van der Waals surface area contributed by atoms with Crippen LogP contribution < -0.4 is 15.0 Å². The highest BCUT2D eigenvalue weighted by atomic mass is 32.1. The van der Waals surface area contributed by atoms with E-state index in [0.717, 1.165) is 11.3 Å². The van der Waals surface area contributed by atoms with Crippen LogP contribution in [0.25, 0.3) is 6.08 Å². The van der Waals surface area contributed by atoms with Crippen LogP contribution in [0.1, 0.15) is 5.56 Å². The predicted molar refractivity (Wildman–Crippen MR) is 92.9 cm³/mol. The van der Waals surface area contributed by atoms with Crippen molar-refractivity contribution in [2.24, 2.45) is 0 Å². The Labute approximate surface area is 135 Å². The third-order valence-corrected chi connectivity index (χ3v) is 3.63. The molecule has 1 aliphatic heterocycles. The molecule has 1 saturated heterocycles. The number of amides is 1. The van der Waals surface area contributed by atoms with Gasteiger partial charge in [-0.15, -0.1) is 6.58 Å². The maximum absolute atomic E-state index is 12.3. The molecular formula is C16H19N3O2S. The largest absolute Gasteiger partial charge is 0.496 e. The van der Waals surface area contributed by atoms with E-state index >= 15 is 0 Å². The van der Waals surface area contributed by atoms with Gasteiger partial charge in [-0.3, -0.25) is 9.69 Å². The SMILES string of the molecule is C=CCN1C(=O)/C(=C/c2ccc(N(C)C)cc2OC)NC1=S. The molecule has 116 valence electrons. The zero-order valence-electron chi connectivity index (χ0n) is 12.9. The van der Waals surface area contributed by atoms with Gasteiger partial charge in [0.25, 0.3) is 5.91 Å². The van der Waals surface area contributed by atoms with Gasteiger partial charge in [0.2, 0.25) is 0 Å². The number of hydrogen-bond acceptors (Lipinski definition) is 4. The number of methoxy groups -OCH3 is 1. The minimum absolute atomic E-state index is 0.163. The molecule has 1 aromatic rings. The molecule has 0 aliphatic carbocycles. The van der Waals surface area contributed by atoms with Crippen LogP contribution in [-0.2, 0) is 4.79 Å². The quantitative estimate of drug-likeness (QED) is 0.511. The van der Waals surface area contributed by atoms with E-state index in [1.54, 1.807) is 19.3 Å². The van der Waals surface area contributed by atoms with Crippen molar-refractivity contribution in [3.8, 4) is 5.75 Å². The van der Waals surface area contributed by atoms with E-state index in [0.29, 0.717) is 23.1 Å². The molecule has 1 aromatic carbocycles. The van der Waals surface area contributed by atoms with Crippen LogP contribution in [0, 0.1) is 0 Å². The second kappa shape index (κ2) is 6.62. The molecule has 1 N–H and O–H groups in total. The molecule has 2 rings (SSSR count). The van der Waals surface area contributed by atoms with Gasteiger partial charge in [-0.05, 0) is 30.4 Å². The number of hydrogen-bond donors (Lipinski definition) is 1. The van der Waals surface area contributed by atoms with Crippen LogP contribution in [0.2, 0.25) is 0 Å². The molecule has 22 heavy (non-hydrogen) atoms. The van der Waals surface area contributed by atoms with Crippen molar-refractivity contribution in [1.82, 2.24) is 10.2 Å². The number of benzene rings is 1. The lowest BCUT2D eigenvalue weighted by molar-refractivity contribution is -0.122. The molecule has 0 unspecified atom stereocenters. The van der Waals surface area contributed by atoms with Crippen molar-refractivity contribution >= 4 is 35.0 Å². The fourth-order valence-electron chi connectivity index (χ4n) is 2.12. The van der Waals surface area contributed by atoms with Crippen LogP contribution >= 0.6 is 12.2 Å².